The van der Waals surface area contributed by atoms with Crippen LogP contribution >= 0.6 is 12.4 Å². The van der Waals surface area contributed by atoms with E-state index in [0.29, 0.717) is 12.3 Å². The Kier molecular flexibility index (Phi) is 10.3. The van der Waals surface area contributed by atoms with Crippen LogP contribution in [0.3, 0.4) is 0 Å². The summed E-state index contributed by atoms with van der Waals surface area (Å²) in [6, 6.07) is 10.6. The highest BCUT2D eigenvalue weighted by Crippen LogP contribution is 2.25. The van der Waals surface area contributed by atoms with E-state index in [0.717, 1.165) is 25.8 Å². The van der Waals surface area contributed by atoms with E-state index in [4.69, 9.17) is 9.47 Å². The van der Waals surface area contributed by atoms with Crippen molar-refractivity contribution in [2.24, 2.45) is 11.8 Å². The molecular formula is C20H30ClNO4. The van der Waals surface area contributed by atoms with Crippen LogP contribution in [0.1, 0.15) is 38.7 Å². The number of benzene rings is 1. The minimum Gasteiger partial charge on any atom is -0.465 e. The summed E-state index contributed by atoms with van der Waals surface area (Å²) in [5, 5.41) is 3.44. The molecule has 6 heteroatoms. The lowest BCUT2D eigenvalue weighted by Crippen LogP contribution is -2.42. The van der Waals surface area contributed by atoms with E-state index < -0.39 is 17.9 Å². The van der Waals surface area contributed by atoms with E-state index in [9.17, 15) is 9.59 Å². The normalized spacial score (nSPS) is 19.5. The molecule has 1 aliphatic rings. The van der Waals surface area contributed by atoms with Gasteiger partial charge in [0.2, 0.25) is 0 Å². The van der Waals surface area contributed by atoms with Crippen LogP contribution in [0, 0.1) is 11.8 Å². The molecule has 0 amide bonds. The van der Waals surface area contributed by atoms with Gasteiger partial charge in [-0.1, -0.05) is 30.3 Å². The Labute approximate surface area is 162 Å². The predicted octanol–water partition coefficient (Wildman–Crippen LogP) is 3.15. The summed E-state index contributed by atoms with van der Waals surface area (Å²) in [7, 11) is 0. The number of carbonyl (C=O) groups is 2. The lowest BCUT2D eigenvalue weighted by Gasteiger charge is -2.32. The second-order valence-corrected chi connectivity index (χ2v) is 6.52. The van der Waals surface area contributed by atoms with Crippen LogP contribution in [0.25, 0.3) is 0 Å². The first-order chi connectivity index (χ1) is 12.1. The van der Waals surface area contributed by atoms with Gasteiger partial charge in [0.25, 0.3) is 0 Å². The monoisotopic (exact) mass is 383 g/mol. The van der Waals surface area contributed by atoms with Crippen molar-refractivity contribution in [2.75, 3.05) is 19.8 Å². The third-order valence-corrected chi connectivity index (χ3v) is 4.63. The molecule has 146 valence electrons. The molecule has 1 aliphatic heterocycles. The number of halogens is 1. The summed E-state index contributed by atoms with van der Waals surface area (Å²) in [5.41, 5.74) is 1.33. The van der Waals surface area contributed by atoms with E-state index in [2.05, 4.69) is 29.6 Å². The van der Waals surface area contributed by atoms with Gasteiger partial charge in [-0.25, -0.2) is 0 Å². The lowest BCUT2D eigenvalue weighted by atomic mass is 9.84. The summed E-state index contributed by atoms with van der Waals surface area (Å²) >= 11 is 0. The van der Waals surface area contributed by atoms with Gasteiger partial charge in [-0.2, -0.15) is 0 Å². The first-order valence-corrected chi connectivity index (χ1v) is 9.24. The Bertz CT molecular complexity index is 534. The molecule has 2 rings (SSSR count). The van der Waals surface area contributed by atoms with E-state index in [1.807, 2.05) is 6.07 Å². The third-order valence-electron chi connectivity index (χ3n) is 4.63. The Hall–Kier alpha value is -1.59. The summed E-state index contributed by atoms with van der Waals surface area (Å²) in [4.78, 5) is 24.3. The molecule has 5 nitrogen and oxygen atoms in total. The first kappa shape index (κ1) is 22.5. The van der Waals surface area contributed by atoms with Crippen molar-refractivity contribution < 1.29 is 19.1 Å². The van der Waals surface area contributed by atoms with Crippen molar-refractivity contribution in [1.82, 2.24) is 5.32 Å². The van der Waals surface area contributed by atoms with Gasteiger partial charge in [0.05, 0.1) is 13.2 Å². The average molecular weight is 384 g/mol. The van der Waals surface area contributed by atoms with Crippen LogP contribution in [-0.4, -0.2) is 37.7 Å². The largest absolute Gasteiger partial charge is 0.465 e. The molecule has 1 fully saturated rings. The van der Waals surface area contributed by atoms with Crippen molar-refractivity contribution in [2.45, 2.75) is 45.6 Å². The van der Waals surface area contributed by atoms with Crippen LogP contribution < -0.4 is 5.32 Å². The van der Waals surface area contributed by atoms with Gasteiger partial charge in [0, 0.05) is 6.04 Å². The second-order valence-electron chi connectivity index (χ2n) is 6.52. The summed E-state index contributed by atoms with van der Waals surface area (Å²) in [6.07, 6.45) is 3.52. The molecular weight excluding hydrogens is 354 g/mol. The highest BCUT2D eigenvalue weighted by molar-refractivity contribution is 5.94. The average Bonchev–Trinajstić information content (AvgIpc) is 2.61. The Morgan fingerprint density at radius 2 is 1.73 bits per heavy atom. The maximum Gasteiger partial charge on any atom is 0.320 e. The Morgan fingerprint density at radius 3 is 2.31 bits per heavy atom. The minimum atomic E-state index is -0.840. The van der Waals surface area contributed by atoms with E-state index in [1.54, 1.807) is 13.8 Å². The van der Waals surface area contributed by atoms with Gasteiger partial charge in [-0.05, 0) is 57.6 Å². The van der Waals surface area contributed by atoms with E-state index in [-0.39, 0.29) is 31.7 Å². The van der Waals surface area contributed by atoms with Crippen molar-refractivity contribution in [3.8, 4) is 0 Å². The molecule has 1 aromatic carbocycles. The number of esters is 2. The van der Waals surface area contributed by atoms with Crippen molar-refractivity contribution in [3.05, 3.63) is 35.9 Å². The highest BCUT2D eigenvalue weighted by Gasteiger charge is 2.34. The summed E-state index contributed by atoms with van der Waals surface area (Å²) < 4.78 is 10.1. The topological polar surface area (TPSA) is 64.6 Å². The molecule has 1 N–H and O–H groups in total. The third kappa shape index (κ3) is 6.96. The zero-order valence-corrected chi connectivity index (χ0v) is 16.4. The van der Waals surface area contributed by atoms with Gasteiger partial charge < -0.3 is 14.8 Å². The van der Waals surface area contributed by atoms with Gasteiger partial charge in [-0.3, -0.25) is 9.59 Å². The smallest absolute Gasteiger partial charge is 0.320 e. The number of hydrogen-bond donors (Lipinski definition) is 1. The van der Waals surface area contributed by atoms with Crippen molar-refractivity contribution in [3.63, 3.8) is 0 Å². The molecule has 0 saturated carbocycles. The zero-order valence-electron chi connectivity index (χ0n) is 15.6. The quantitative estimate of drug-likeness (QED) is 0.551. The predicted molar refractivity (Wildman–Crippen MR) is 103 cm³/mol. The maximum absolute atomic E-state index is 12.2. The fourth-order valence-corrected chi connectivity index (χ4v) is 3.47. The molecule has 0 aliphatic carbocycles. The maximum atomic E-state index is 12.2. The molecule has 2 unspecified atom stereocenters. The van der Waals surface area contributed by atoms with Gasteiger partial charge >= 0.3 is 11.9 Å². The molecule has 26 heavy (non-hydrogen) atoms. The van der Waals surface area contributed by atoms with Crippen LogP contribution in [0.4, 0.5) is 0 Å². The number of rotatable bonds is 8. The molecule has 0 aromatic heterocycles. The van der Waals surface area contributed by atoms with Crippen LogP contribution in [0.5, 0.6) is 0 Å². The molecule has 1 saturated heterocycles. The molecule has 0 radical (unpaired) electrons. The minimum absolute atomic E-state index is 0. The second kappa shape index (κ2) is 11.9. The van der Waals surface area contributed by atoms with Gasteiger partial charge in [-0.15, -0.1) is 12.4 Å². The molecule has 0 bridgehead atoms. The SMILES string of the molecule is CCOC(=O)C(CC1CC(Cc2ccccc2)CCN1)C(=O)OCC.Cl. The van der Waals surface area contributed by atoms with E-state index >= 15 is 0 Å². The number of nitrogens with one attached hydrogen (secondary N) is 1. The Morgan fingerprint density at radius 1 is 1.12 bits per heavy atom. The number of ether oxygens (including phenoxy) is 2. The van der Waals surface area contributed by atoms with Gasteiger partial charge in [0.1, 0.15) is 0 Å². The lowest BCUT2D eigenvalue weighted by molar-refractivity contribution is -0.162. The van der Waals surface area contributed by atoms with Crippen molar-refractivity contribution >= 4 is 24.3 Å². The van der Waals surface area contributed by atoms with Crippen LogP contribution in [-0.2, 0) is 25.5 Å². The summed E-state index contributed by atoms with van der Waals surface area (Å²) in [5.74, 6) is -1.24. The standard InChI is InChI=1S/C20H29NO4.ClH/c1-3-24-19(22)18(20(23)25-4-2)14-17-13-16(10-11-21-17)12-15-8-6-5-7-9-15;/h5-9,16-18,21H,3-4,10-14H2,1-2H3;1H. The van der Waals surface area contributed by atoms with Gasteiger partial charge in [0.15, 0.2) is 5.92 Å². The first-order valence-electron chi connectivity index (χ1n) is 9.24. The number of carbonyl (C=O) groups excluding carboxylic acids is 2. The zero-order chi connectivity index (χ0) is 18.1. The molecule has 2 atom stereocenters. The molecule has 0 spiro atoms. The molecule has 1 aromatic rings. The fourth-order valence-electron chi connectivity index (χ4n) is 3.47. The Balaban J connectivity index is 0.00000338. The van der Waals surface area contributed by atoms with E-state index in [1.165, 1.54) is 5.56 Å². The fraction of sp³-hybridized carbons (Fsp3) is 0.600. The van der Waals surface area contributed by atoms with Crippen molar-refractivity contribution in [1.29, 1.82) is 0 Å². The van der Waals surface area contributed by atoms with Crippen LogP contribution in [0.15, 0.2) is 30.3 Å². The summed E-state index contributed by atoms with van der Waals surface area (Å²) in [6.45, 7) is 4.93. The van der Waals surface area contributed by atoms with Crippen LogP contribution in [0.2, 0.25) is 0 Å². The molecule has 1 heterocycles. The highest BCUT2D eigenvalue weighted by atomic mass is 35.5. The number of hydrogen-bond acceptors (Lipinski definition) is 5. The number of piperidine rings is 1.